The third-order valence-electron chi connectivity index (χ3n) is 3.49. The summed E-state index contributed by atoms with van der Waals surface area (Å²) in [5.41, 5.74) is 1.28. The van der Waals surface area contributed by atoms with Gasteiger partial charge in [0.1, 0.15) is 0 Å². The average Bonchev–Trinajstić information content (AvgIpc) is 2.81. The van der Waals surface area contributed by atoms with Gasteiger partial charge in [-0.2, -0.15) is 5.10 Å². The first-order valence-corrected chi connectivity index (χ1v) is 6.52. The van der Waals surface area contributed by atoms with Crippen molar-refractivity contribution in [3.05, 3.63) is 18.0 Å². The van der Waals surface area contributed by atoms with E-state index in [-0.39, 0.29) is 0 Å². The summed E-state index contributed by atoms with van der Waals surface area (Å²) in [7, 11) is 2.02. The maximum atomic E-state index is 5.59. The van der Waals surface area contributed by atoms with Gasteiger partial charge in [-0.15, -0.1) is 0 Å². The molecule has 0 saturated carbocycles. The monoisotopic (exact) mass is 237 g/mol. The van der Waals surface area contributed by atoms with Crippen molar-refractivity contribution < 1.29 is 4.74 Å². The molecule has 1 aliphatic rings. The quantitative estimate of drug-likeness (QED) is 0.872. The van der Waals surface area contributed by atoms with E-state index in [1.807, 2.05) is 13.2 Å². The summed E-state index contributed by atoms with van der Waals surface area (Å²) in [4.78, 5) is 0. The molecule has 1 fully saturated rings. The van der Waals surface area contributed by atoms with Gasteiger partial charge in [-0.1, -0.05) is 0 Å². The van der Waals surface area contributed by atoms with E-state index in [9.17, 15) is 0 Å². The molecule has 1 saturated heterocycles. The second kappa shape index (κ2) is 5.65. The number of hydrogen-bond acceptors (Lipinski definition) is 3. The first-order chi connectivity index (χ1) is 8.24. The number of ether oxygens (including phenoxy) is 1. The normalized spacial score (nSPS) is 22.9. The van der Waals surface area contributed by atoms with Crippen molar-refractivity contribution in [2.45, 2.75) is 38.8 Å². The number of nitrogens with zero attached hydrogens (tertiary/aromatic N) is 2. The fourth-order valence-corrected chi connectivity index (χ4v) is 2.66. The Morgan fingerprint density at radius 3 is 2.94 bits per heavy atom. The van der Waals surface area contributed by atoms with Gasteiger partial charge in [0.15, 0.2) is 0 Å². The predicted octanol–water partition coefficient (Wildman–Crippen LogP) is 2.15. The lowest BCUT2D eigenvalue weighted by atomic mass is 9.91. The third kappa shape index (κ3) is 2.69. The molecule has 96 valence electrons. The molecule has 0 bridgehead atoms. The Morgan fingerprint density at radius 2 is 2.35 bits per heavy atom. The Morgan fingerprint density at radius 1 is 1.53 bits per heavy atom. The Hall–Kier alpha value is -0.870. The molecule has 17 heavy (non-hydrogen) atoms. The number of aromatic nitrogens is 2. The summed E-state index contributed by atoms with van der Waals surface area (Å²) >= 11 is 0. The van der Waals surface area contributed by atoms with E-state index in [0.717, 1.165) is 13.2 Å². The van der Waals surface area contributed by atoms with Crippen LogP contribution < -0.4 is 5.32 Å². The fourth-order valence-electron chi connectivity index (χ4n) is 2.66. The summed E-state index contributed by atoms with van der Waals surface area (Å²) in [5.74, 6) is 0.558. The van der Waals surface area contributed by atoms with Crippen molar-refractivity contribution in [2.24, 2.45) is 5.92 Å². The van der Waals surface area contributed by atoms with Crippen molar-refractivity contribution >= 4 is 0 Å². The molecule has 1 aromatic rings. The second-order valence-electron chi connectivity index (χ2n) is 5.04. The fraction of sp³-hybridized carbons (Fsp3) is 0.769. The summed E-state index contributed by atoms with van der Waals surface area (Å²) in [6.07, 6.45) is 4.29. The van der Waals surface area contributed by atoms with Gasteiger partial charge >= 0.3 is 0 Å². The molecule has 0 spiro atoms. The predicted molar refractivity (Wildman–Crippen MR) is 68.0 cm³/mol. The Kier molecular flexibility index (Phi) is 4.18. The molecule has 2 unspecified atom stereocenters. The van der Waals surface area contributed by atoms with Gasteiger partial charge in [-0.25, -0.2) is 0 Å². The zero-order valence-corrected chi connectivity index (χ0v) is 11.0. The highest BCUT2D eigenvalue weighted by atomic mass is 16.5. The lowest BCUT2D eigenvalue weighted by Crippen LogP contribution is -2.33. The van der Waals surface area contributed by atoms with Crippen LogP contribution >= 0.6 is 0 Å². The average molecular weight is 237 g/mol. The Labute approximate surface area is 103 Å². The van der Waals surface area contributed by atoms with E-state index >= 15 is 0 Å². The smallest absolute Gasteiger partial charge is 0.0560 e. The van der Waals surface area contributed by atoms with Gasteiger partial charge in [0.25, 0.3) is 0 Å². The zero-order chi connectivity index (χ0) is 12.3. The molecule has 0 aromatic carbocycles. The van der Waals surface area contributed by atoms with Gasteiger partial charge in [0, 0.05) is 24.8 Å². The number of nitrogens with one attached hydrogen (secondary N) is 1. The second-order valence-corrected chi connectivity index (χ2v) is 5.04. The van der Waals surface area contributed by atoms with Crippen LogP contribution in [0.4, 0.5) is 0 Å². The van der Waals surface area contributed by atoms with Crippen LogP contribution in [0, 0.1) is 5.92 Å². The maximum Gasteiger partial charge on any atom is 0.0560 e. The van der Waals surface area contributed by atoms with Crippen LogP contribution in [-0.2, 0) is 4.74 Å². The van der Waals surface area contributed by atoms with Crippen molar-refractivity contribution in [3.63, 3.8) is 0 Å². The van der Waals surface area contributed by atoms with Crippen LogP contribution in [0.2, 0.25) is 0 Å². The molecular weight excluding hydrogens is 214 g/mol. The summed E-state index contributed by atoms with van der Waals surface area (Å²) < 4.78 is 7.70. The van der Waals surface area contributed by atoms with E-state index in [1.54, 1.807) is 0 Å². The molecule has 2 rings (SSSR count). The summed E-state index contributed by atoms with van der Waals surface area (Å²) in [5, 5.41) is 7.84. The lowest BCUT2D eigenvalue weighted by Gasteiger charge is -2.31. The van der Waals surface area contributed by atoms with Gasteiger partial charge in [-0.05, 0) is 39.8 Å². The molecule has 1 aromatic heterocycles. The number of hydrogen-bond donors (Lipinski definition) is 1. The van der Waals surface area contributed by atoms with Crippen LogP contribution in [0.1, 0.15) is 44.5 Å². The molecule has 4 nitrogen and oxygen atoms in total. The first kappa shape index (κ1) is 12.6. The third-order valence-corrected chi connectivity index (χ3v) is 3.49. The van der Waals surface area contributed by atoms with E-state index in [0.29, 0.717) is 18.0 Å². The van der Waals surface area contributed by atoms with Crippen LogP contribution in [0.25, 0.3) is 0 Å². The largest absolute Gasteiger partial charge is 0.381 e. The molecule has 0 radical (unpaired) electrons. The van der Waals surface area contributed by atoms with E-state index in [1.165, 1.54) is 18.5 Å². The summed E-state index contributed by atoms with van der Waals surface area (Å²) in [6.45, 7) is 6.10. The molecular formula is C13H23N3O. The lowest BCUT2D eigenvalue weighted by molar-refractivity contribution is 0.0387. The van der Waals surface area contributed by atoms with E-state index < -0.39 is 0 Å². The minimum Gasteiger partial charge on any atom is -0.381 e. The van der Waals surface area contributed by atoms with Crippen molar-refractivity contribution in [1.29, 1.82) is 0 Å². The van der Waals surface area contributed by atoms with E-state index in [2.05, 4.69) is 35.0 Å². The first-order valence-electron chi connectivity index (χ1n) is 6.52. The van der Waals surface area contributed by atoms with Gasteiger partial charge in [-0.3, -0.25) is 4.68 Å². The molecule has 2 heterocycles. The van der Waals surface area contributed by atoms with E-state index in [4.69, 9.17) is 4.74 Å². The maximum absolute atomic E-state index is 5.59. The van der Waals surface area contributed by atoms with Crippen molar-refractivity contribution in [1.82, 2.24) is 15.1 Å². The SMILES string of the molecule is CNC(c1ccnn1C(C)C)C1CCCOC1. The van der Waals surface area contributed by atoms with Crippen molar-refractivity contribution in [2.75, 3.05) is 20.3 Å². The molecule has 1 N–H and O–H groups in total. The van der Waals surface area contributed by atoms with Gasteiger partial charge in [0.2, 0.25) is 0 Å². The molecule has 1 aliphatic heterocycles. The summed E-state index contributed by atoms with van der Waals surface area (Å²) in [6, 6.07) is 2.87. The standard InChI is InChI=1S/C13H23N3O/c1-10(2)16-12(6-7-15-16)13(14-3)11-5-4-8-17-9-11/h6-7,10-11,13-14H,4-5,8-9H2,1-3H3. The minimum atomic E-state index is 0.347. The highest BCUT2D eigenvalue weighted by Crippen LogP contribution is 2.29. The number of rotatable bonds is 4. The molecule has 2 atom stereocenters. The molecule has 0 amide bonds. The van der Waals surface area contributed by atoms with Gasteiger partial charge < -0.3 is 10.1 Å². The zero-order valence-electron chi connectivity index (χ0n) is 11.0. The molecule has 4 heteroatoms. The van der Waals surface area contributed by atoms with Crippen LogP contribution in [0.3, 0.4) is 0 Å². The van der Waals surface area contributed by atoms with Gasteiger partial charge in [0.05, 0.1) is 18.3 Å². The highest BCUT2D eigenvalue weighted by molar-refractivity contribution is 5.09. The van der Waals surface area contributed by atoms with Crippen LogP contribution in [-0.4, -0.2) is 30.0 Å². The Balaban J connectivity index is 2.18. The van der Waals surface area contributed by atoms with Crippen molar-refractivity contribution in [3.8, 4) is 0 Å². The minimum absolute atomic E-state index is 0.347. The highest BCUT2D eigenvalue weighted by Gasteiger charge is 2.27. The topological polar surface area (TPSA) is 39.1 Å². The van der Waals surface area contributed by atoms with Crippen LogP contribution in [0.15, 0.2) is 12.3 Å². The Bertz CT molecular complexity index is 342. The van der Waals surface area contributed by atoms with Crippen LogP contribution in [0.5, 0.6) is 0 Å². The molecule has 0 aliphatic carbocycles.